The molecule has 17 heavy (non-hydrogen) atoms. The number of nitrogens with zero attached hydrogens (tertiary/aromatic N) is 1. The Bertz CT molecular complexity index is 380. The summed E-state index contributed by atoms with van der Waals surface area (Å²) in [5.41, 5.74) is 7.87. The minimum Gasteiger partial charge on any atom is -0.370 e. The summed E-state index contributed by atoms with van der Waals surface area (Å²) >= 11 is 5.94. The van der Waals surface area contributed by atoms with Crippen molar-refractivity contribution in [3.8, 4) is 0 Å². The van der Waals surface area contributed by atoms with Crippen LogP contribution < -0.4 is 11.1 Å². The minimum atomic E-state index is 0. The number of hydrogen-bond donors (Lipinski definition) is 2. The molecule has 1 aromatic rings. The number of halogens is 2. The van der Waals surface area contributed by atoms with Crippen molar-refractivity contribution < 1.29 is 0 Å². The number of guanidine groups is 1. The van der Waals surface area contributed by atoms with Crippen LogP contribution in [0.1, 0.15) is 24.5 Å². The van der Waals surface area contributed by atoms with Crippen molar-refractivity contribution >= 4 is 41.5 Å². The van der Waals surface area contributed by atoms with Crippen molar-refractivity contribution in [1.82, 2.24) is 5.32 Å². The molecule has 3 nitrogen and oxygen atoms in total. The lowest BCUT2D eigenvalue weighted by atomic mass is 10.1. The Hall–Kier alpha value is -0.490. The molecule has 96 valence electrons. The first-order valence-corrected chi connectivity index (χ1v) is 5.80. The van der Waals surface area contributed by atoms with Gasteiger partial charge in [0.15, 0.2) is 5.96 Å². The maximum Gasteiger partial charge on any atom is 0.188 e. The zero-order chi connectivity index (χ0) is 12.0. The van der Waals surface area contributed by atoms with Gasteiger partial charge < -0.3 is 11.1 Å². The molecule has 0 spiro atoms. The number of aryl methyl sites for hydroxylation is 1. The van der Waals surface area contributed by atoms with Gasteiger partial charge in [-0.2, -0.15) is 0 Å². The SMILES string of the molecule is CCCNC(N)=NCc1ccc(Cl)c(C)c1.I. The summed E-state index contributed by atoms with van der Waals surface area (Å²) in [6.45, 7) is 5.51. The summed E-state index contributed by atoms with van der Waals surface area (Å²) in [5, 5.41) is 3.81. The molecular weight excluding hydrogens is 349 g/mol. The molecule has 1 aromatic carbocycles. The van der Waals surface area contributed by atoms with Gasteiger partial charge in [-0.3, -0.25) is 0 Å². The molecule has 0 aliphatic heterocycles. The topological polar surface area (TPSA) is 50.4 Å². The third-order valence-corrected chi connectivity index (χ3v) is 2.63. The quantitative estimate of drug-likeness (QED) is 0.488. The van der Waals surface area contributed by atoms with E-state index in [1.807, 2.05) is 25.1 Å². The molecule has 0 radical (unpaired) electrons. The normalized spacial score (nSPS) is 10.9. The van der Waals surface area contributed by atoms with Gasteiger partial charge in [0.2, 0.25) is 0 Å². The summed E-state index contributed by atoms with van der Waals surface area (Å²) in [5.74, 6) is 0.495. The molecule has 0 aromatic heterocycles. The third kappa shape index (κ3) is 6.12. The second-order valence-electron chi connectivity index (χ2n) is 3.71. The summed E-state index contributed by atoms with van der Waals surface area (Å²) in [6, 6.07) is 5.88. The van der Waals surface area contributed by atoms with E-state index >= 15 is 0 Å². The van der Waals surface area contributed by atoms with Crippen molar-refractivity contribution in [2.24, 2.45) is 10.7 Å². The van der Waals surface area contributed by atoms with Gasteiger partial charge in [0, 0.05) is 11.6 Å². The standard InChI is InChI=1S/C12H18ClN3.HI/c1-3-6-15-12(14)16-8-10-4-5-11(13)9(2)7-10;/h4-5,7H,3,6,8H2,1-2H3,(H3,14,15,16);1H. The maximum atomic E-state index is 5.94. The lowest BCUT2D eigenvalue weighted by Gasteiger charge is -2.04. The molecule has 0 bridgehead atoms. The Morgan fingerprint density at radius 1 is 1.47 bits per heavy atom. The number of benzene rings is 1. The van der Waals surface area contributed by atoms with Gasteiger partial charge >= 0.3 is 0 Å². The van der Waals surface area contributed by atoms with Gasteiger partial charge in [0.05, 0.1) is 6.54 Å². The molecule has 3 N–H and O–H groups in total. The maximum absolute atomic E-state index is 5.94. The van der Waals surface area contributed by atoms with E-state index in [4.69, 9.17) is 17.3 Å². The Kier molecular flexibility index (Phi) is 8.33. The molecule has 0 atom stereocenters. The predicted molar refractivity (Wildman–Crippen MR) is 85.2 cm³/mol. The monoisotopic (exact) mass is 367 g/mol. The first kappa shape index (κ1) is 16.5. The summed E-state index contributed by atoms with van der Waals surface area (Å²) in [7, 11) is 0. The largest absolute Gasteiger partial charge is 0.370 e. The molecule has 0 aliphatic carbocycles. The summed E-state index contributed by atoms with van der Waals surface area (Å²) < 4.78 is 0. The van der Waals surface area contributed by atoms with Crippen LogP contribution in [0.25, 0.3) is 0 Å². The molecule has 0 saturated heterocycles. The van der Waals surface area contributed by atoms with Crippen molar-refractivity contribution in [2.75, 3.05) is 6.54 Å². The van der Waals surface area contributed by atoms with Gasteiger partial charge in [-0.1, -0.05) is 30.7 Å². The molecule has 0 fully saturated rings. The van der Waals surface area contributed by atoms with Gasteiger partial charge in [-0.15, -0.1) is 24.0 Å². The lowest BCUT2D eigenvalue weighted by molar-refractivity contribution is 0.825. The van der Waals surface area contributed by atoms with E-state index in [-0.39, 0.29) is 24.0 Å². The van der Waals surface area contributed by atoms with E-state index in [0.29, 0.717) is 12.5 Å². The molecule has 0 heterocycles. The fourth-order valence-electron chi connectivity index (χ4n) is 1.29. The van der Waals surface area contributed by atoms with Crippen molar-refractivity contribution in [2.45, 2.75) is 26.8 Å². The van der Waals surface area contributed by atoms with Crippen molar-refractivity contribution in [1.29, 1.82) is 0 Å². The predicted octanol–water partition coefficient (Wildman–Crippen LogP) is 3.08. The Labute approximate surface area is 125 Å². The molecular formula is C12H19ClIN3. The van der Waals surface area contributed by atoms with E-state index in [1.165, 1.54) is 0 Å². The highest BCUT2D eigenvalue weighted by Crippen LogP contribution is 2.16. The fraction of sp³-hybridized carbons (Fsp3) is 0.417. The molecule has 5 heteroatoms. The van der Waals surface area contributed by atoms with Crippen LogP contribution in [0.15, 0.2) is 23.2 Å². The second kappa shape index (κ2) is 8.58. The zero-order valence-corrected chi connectivity index (χ0v) is 13.3. The van der Waals surface area contributed by atoms with E-state index in [9.17, 15) is 0 Å². The number of nitrogens with two attached hydrogens (primary N) is 1. The first-order valence-electron chi connectivity index (χ1n) is 5.42. The number of nitrogens with one attached hydrogen (secondary N) is 1. The van der Waals surface area contributed by atoms with Crippen LogP contribution in [0.5, 0.6) is 0 Å². The van der Waals surface area contributed by atoms with E-state index < -0.39 is 0 Å². The van der Waals surface area contributed by atoms with Gasteiger partial charge in [-0.25, -0.2) is 4.99 Å². The highest BCUT2D eigenvalue weighted by molar-refractivity contribution is 14.0. The van der Waals surface area contributed by atoms with Crippen LogP contribution in [0.3, 0.4) is 0 Å². The van der Waals surface area contributed by atoms with Gasteiger partial charge in [0.25, 0.3) is 0 Å². The molecule has 0 amide bonds. The van der Waals surface area contributed by atoms with Gasteiger partial charge in [0.1, 0.15) is 0 Å². The van der Waals surface area contributed by atoms with Crippen LogP contribution >= 0.6 is 35.6 Å². The summed E-state index contributed by atoms with van der Waals surface area (Å²) in [6.07, 6.45) is 1.04. The zero-order valence-electron chi connectivity index (χ0n) is 10.2. The Morgan fingerprint density at radius 3 is 2.76 bits per heavy atom. The van der Waals surface area contributed by atoms with Crippen LogP contribution in [0, 0.1) is 6.92 Å². The van der Waals surface area contributed by atoms with Crippen LogP contribution in [-0.4, -0.2) is 12.5 Å². The second-order valence-corrected chi connectivity index (χ2v) is 4.12. The first-order chi connectivity index (χ1) is 7.63. The highest BCUT2D eigenvalue weighted by atomic mass is 127. The molecule has 0 aliphatic rings. The number of rotatable bonds is 4. The summed E-state index contributed by atoms with van der Waals surface area (Å²) in [4.78, 5) is 4.24. The highest BCUT2D eigenvalue weighted by Gasteiger charge is 1.97. The third-order valence-electron chi connectivity index (χ3n) is 2.21. The smallest absolute Gasteiger partial charge is 0.188 e. The fourth-order valence-corrected chi connectivity index (χ4v) is 1.41. The molecule has 1 rings (SSSR count). The van der Waals surface area contributed by atoms with Gasteiger partial charge in [-0.05, 0) is 30.5 Å². The molecule has 0 saturated carbocycles. The van der Waals surface area contributed by atoms with Crippen LogP contribution in [-0.2, 0) is 6.54 Å². The van der Waals surface area contributed by atoms with Crippen molar-refractivity contribution in [3.63, 3.8) is 0 Å². The van der Waals surface area contributed by atoms with Crippen LogP contribution in [0.4, 0.5) is 0 Å². The van der Waals surface area contributed by atoms with E-state index in [2.05, 4.69) is 17.2 Å². The van der Waals surface area contributed by atoms with E-state index in [1.54, 1.807) is 0 Å². The Morgan fingerprint density at radius 2 is 2.18 bits per heavy atom. The molecule has 0 unspecified atom stereocenters. The average Bonchev–Trinajstić information content (AvgIpc) is 2.28. The van der Waals surface area contributed by atoms with Crippen molar-refractivity contribution in [3.05, 3.63) is 34.3 Å². The number of hydrogen-bond acceptors (Lipinski definition) is 1. The minimum absolute atomic E-state index is 0. The lowest BCUT2D eigenvalue weighted by Crippen LogP contribution is -2.32. The average molecular weight is 368 g/mol. The van der Waals surface area contributed by atoms with Crippen LogP contribution in [0.2, 0.25) is 5.02 Å². The Balaban J connectivity index is 0.00000256. The number of aliphatic imine (C=N–C) groups is 1. The van der Waals surface area contributed by atoms with E-state index in [0.717, 1.165) is 29.1 Å².